The van der Waals surface area contributed by atoms with Crippen LogP contribution in [-0.4, -0.2) is 24.9 Å². The molecular weight excluding hydrogens is 260 g/mol. The highest BCUT2D eigenvalue weighted by atomic mass is 35.5. The van der Waals surface area contributed by atoms with Crippen molar-refractivity contribution in [3.8, 4) is 0 Å². The molecular formula is C14H21BClNO2. The summed E-state index contributed by atoms with van der Waals surface area (Å²) in [6, 6.07) is 5.78. The van der Waals surface area contributed by atoms with E-state index in [1.807, 2.05) is 45.9 Å². The molecule has 5 heteroatoms. The zero-order valence-electron chi connectivity index (χ0n) is 12.0. The summed E-state index contributed by atoms with van der Waals surface area (Å²) in [5.41, 5.74) is 7.08. The first kappa shape index (κ1) is 14.9. The Morgan fingerprint density at radius 1 is 1.16 bits per heavy atom. The van der Waals surface area contributed by atoms with E-state index < -0.39 is 0 Å². The Kier molecular flexibility index (Phi) is 3.98. The van der Waals surface area contributed by atoms with Gasteiger partial charge in [-0.3, -0.25) is 0 Å². The molecule has 1 aliphatic rings. The Morgan fingerprint density at radius 2 is 1.74 bits per heavy atom. The van der Waals surface area contributed by atoms with Gasteiger partial charge in [-0.1, -0.05) is 17.7 Å². The van der Waals surface area contributed by atoms with Crippen LogP contribution in [0.25, 0.3) is 0 Å². The summed E-state index contributed by atoms with van der Waals surface area (Å²) >= 11 is 6.10. The van der Waals surface area contributed by atoms with Crippen molar-refractivity contribution in [2.75, 3.05) is 6.54 Å². The standard InChI is InChI=1S/C14H21BClNO2/c1-13(2)14(3,4)19-15(18-13)12-9-11(16)6-5-10(12)7-8-17/h5-6,9H,7-8,17H2,1-4H3. The predicted molar refractivity (Wildman–Crippen MR) is 79.9 cm³/mol. The van der Waals surface area contributed by atoms with Crippen LogP contribution in [0.3, 0.4) is 0 Å². The van der Waals surface area contributed by atoms with E-state index in [0.29, 0.717) is 11.6 Å². The van der Waals surface area contributed by atoms with E-state index in [2.05, 4.69) is 0 Å². The Balaban J connectivity index is 2.35. The molecule has 1 aromatic carbocycles. The first-order valence-electron chi connectivity index (χ1n) is 6.61. The van der Waals surface area contributed by atoms with Gasteiger partial charge in [-0.05, 0) is 63.8 Å². The van der Waals surface area contributed by atoms with Crippen molar-refractivity contribution in [1.82, 2.24) is 0 Å². The first-order chi connectivity index (χ1) is 8.77. The molecule has 0 amide bonds. The van der Waals surface area contributed by atoms with Crippen molar-refractivity contribution in [2.24, 2.45) is 5.73 Å². The summed E-state index contributed by atoms with van der Waals surface area (Å²) in [5, 5.41) is 0.686. The van der Waals surface area contributed by atoms with E-state index >= 15 is 0 Å². The third-order valence-electron chi connectivity index (χ3n) is 4.03. The van der Waals surface area contributed by atoms with E-state index in [1.165, 1.54) is 0 Å². The van der Waals surface area contributed by atoms with Crippen molar-refractivity contribution in [1.29, 1.82) is 0 Å². The van der Waals surface area contributed by atoms with Crippen molar-refractivity contribution in [3.05, 3.63) is 28.8 Å². The van der Waals surface area contributed by atoms with Crippen LogP contribution in [0.2, 0.25) is 5.02 Å². The zero-order chi connectivity index (χ0) is 14.3. The summed E-state index contributed by atoms with van der Waals surface area (Å²) in [5.74, 6) is 0. The van der Waals surface area contributed by atoms with Gasteiger partial charge >= 0.3 is 7.12 Å². The largest absolute Gasteiger partial charge is 0.495 e. The molecule has 0 atom stereocenters. The van der Waals surface area contributed by atoms with Gasteiger partial charge in [0.05, 0.1) is 11.2 Å². The fourth-order valence-corrected chi connectivity index (χ4v) is 2.32. The maximum atomic E-state index is 6.10. The molecule has 1 fully saturated rings. The molecule has 1 saturated heterocycles. The molecule has 0 radical (unpaired) electrons. The molecule has 2 rings (SSSR count). The lowest BCUT2D eigenvalue weighted by Gasteiger charge is -2.32. The van der Waals surface area contributed by atoms with Gasteiger partial charge in [0.2, 0.25) is 0 Å². The molecule has 0 aliphatic carbocycles. The Hall–Kier alpha value is -0.545. The molecule has 0 bridgehead atoms. The van der Waals surface area contributed by atoms with Gasteiger partial charge in [0.15, 0.2) is 0 Å². The minimum absolute atomic E-state index is 0.347. The summed E-state index contributed by atoms with van der Waals surface area (Å²) < 4.78 is 12.1. The van der Waals surface area contributed by atoms with Crippen LogP contribution in [-0.2, 0) is 15.7 Å². The van der Waals surface area contributed by atoms with E-state index in [4.69, 9.17) is 26.6 Å². The Labute approximate surface area is 120 Å². The SMILES string of the molecule is CC1(C)OB(c2cc(Cl)ccc2CCN)OC1(C)C. The molecule has 0 spiro atoms. The Morgan fingerprint density at radius 3 is 2.26 bits per heavy atom. The number of hydrogen-bond acceptors (Lipinski definition) is 3. The second-order valence-corrected chi connectivity index (χ2v) is 6.41. The first-order valence-corrected chi connectivity index (χ1v) is 6.99. The monoisotopic (exact) mass is 281 g/mol. The van der Waals surface area contributed by atoms with Gasteiger partial charge in [0.25, 0.3) is 0 Å². The highest BCUT2D eigenvalue weighted by Crippen LogP contribution is 2.36. The molecule has 19 heavy (non-hydrogen) atoms. The van der Waals surface area contributed by atoms with Crippen molar-refractivity contribution in [3.63, 3.8) is 0 Å². The number of halogens is 1. The molecule has 104 valence electrons. The van der Waals surface area contributed by atoms with Crippen LogP contribution in [0.15, 0.2) is 18.2 Å². The van der Waals surface area contributed by atoms with E-state index in [1.54, 1.807) is 0 Å². The molecule has 0 aromatic heterocycles. The minimum Gasteiger partial charge on any atom is -0.399 e. The van der Waals surface area contributed by atoms with Crippen molar-refractivity contribution in [2.45, 2.75) is 45.3 Å². The highest BCUT2D eigenvalue weighted by Gasteiger charge is 2.52. The lowest BCUT2D eigenvalue weighted by atomic mass is 9.75. The maximum absolute atomic E-state index is 6.10. The number of hydrogen-bond donors (Lipinski definition) is 1. The van der Waals surface area contributed by atoms with Gasteiger partial charge in [0.1, 0.15) is 0 Å². The number of nitrogens with two attached hydrogens (primary N) is 1. The smallest absolute Gasteiger partial charge is 0.399 e. The molecule has 0 unspecified atom stereocenters. The minimum atomic E-state index is -0.384. The van der Waals surface area contributed by atoms with E-state index in [0.717, 1.165) is 17.4 Å². The van der Waals surface area contributed by atoms with E-state index in [9.17, 15) is 0 Å². The highest BCUT2D eigenvalue weighted by molar-refractivity contribution is 6.63. The summed E-state index contributed by atoms with van der Waals surface area (Å²) in [6.07, 6.45) is 0.788. The van der Waals surface area contributed by atoms with Crippen LogP contribution >= 0.6 is 11.6 Å². The molecule has 3 nitrogen and oxygen atoms in total. The summed E-state index contributed by atoms with van der Waals surface area (Å²) in [7, 11) is -0.384. The van der Waals surface area contributed by atoms with Crippen molar-refractivity contribution >= 4 is 24.2 Å². The second-order valence-electron chi connectivity index (χ2n) is 5.97. The van der Waals surface area contributed by atoms with Gasteiger partial charge < -0.3 is 15.0 Å². The van der Waals surface area contributed by atoms with Crippen molar-refractivity contribution < 1.29 is 9.31 Å². The van der Waals surface area contributed by atoms with Crippen LogP contribution in [0.1, 0.15) is 33.3 Å². The lowest BCUT2D eigenvalue weighted by molar-refractivity contribution is 0.00578. The second kappa shape index (κ2) is 5.10. The molecule has 1 aromatic rings. The quantitative estimate of drug-likeness (QED) is 0.864. The summed E-state index contributed by atoms with van der Waals surface area (Å²) in [4.78, 5) is 0. The van der Waals surface area contributed by atoms with Gasteiger partial charge in [-0.25, -0.2) is 0 Å². The number of benzene rings is 1. The van der Waals surface area contributed by atoms with Gasteiger partial charge in [-0.15, -0.1) is 0 Å². The van der Waals surface area contributed by atoms with Crippen LogP contribution in [0.4, 0.5) is 0 Å². The average molecular weight is 282 g/mol. The van der Waals surface area contributed by atoms with Gasteiger partial charge in [0, 0.05) is 5.02 Å². The van der Waals surface area contributed by atoms with E-state index in [-0.39, 0.29) is 18.3 Å². The third-order valence-corrected chi connectivity index (χ3v) is 4.26. The molecule has 0 saturated carbocycles. The number of rotatable bonds is 3. The predicted octanol–water partition coefficient (Wildman–Crippen LogP) is 2.14. The van der Waals surface area contributed by atoms with Crippen LogP contribution in [0, 0.1) is 0 Å². The average Bonchev–Trinajstić information content (AvgIpc) is 2.51. The summed E-state index contributed by atoms with van der Waals surface area (Å²) in [6.45, 7) is 8.76. The maximum Gasteiger partial charge on any atom is 0.495 e. The third kappa shape index (κ3) is 2.82. The molecule has 1 heterocycles. The molecule has 1 aliphatic heterocycles. The lowest BCUT2D eigenvalue weighted by Crippen LogP contribution is -2.41. The van der Waals surface area contributed by atoms with Crippen LogP contribution in [0.5, 0.6) is 0 Å². The van der Waals surface area contributed by atoms with Crippen LogP contribution < -0.4 is 11.2 Å². The Bertz CT molecular complexity index is 461. The molecule has 2 N–H and O–H groups in total. The van der Waals surface area contributed by atoms with Gasteiger partial charge in [-0.2, -0.15) is 0 Å². The zero-order valence-corrected chi connectivity index (χ0v) is 12.8. The normalized spacial score (nSPS) is 20.8. The fourth-order valence-electron chi connectivity index (χ4n) is 2.14. The topological polar surface area (TPSA) is 44.5 Å². The fraction of sp³-hybridized carbons (Fsp3) is 0.571.